The highest BCUT2D eigenvalue weighted by molar-refractivity contribution is 5.48. The van der Waals surface area contributed by atoms with Crippen molar-refractivity contribution >= 4 is 11.4 Å². The Labute approximate surface area is 188 Å². The van der Waals surface area contributed by atoms with E-state index in [1.807, 2.05) is 86.5 Å². The van der Waals surface area contributed by atoms with E-state index < -0.39 is 29.6 Å². The molecule has 1 fully saturated rings. The first-order valence-electron chi connectivity index (χ1n) is 10.5. The van der Waals surface area contributed by atoms with Crippen LogP contribution in [-0.4, -0.2) is 50.1 Å². The SMILES string of the molecule is CN(C)c1ccc([C@@H]2N[C@@H](c3ccc(N(C)C)cc3)[C@@H]([N+](=O)[O-])C(C)(C)[C@H]2[N+](=O)[O-])cc1. The van der Waals surface area contributed by atoms with Gasteiger partial charge in [0.25, 0.3) is 0 Å². The van der Waals surface area contributed by atoms with E-state index in [9.17, 15) is 20.2 Å². The molecule has 9 heteroatoms. The third-order valence-electron chi connectivity index (χ3n) is 6.51. The van der Waals surface area contributed by atoms with E-state index in [-0.39, 0.29) is 9.85 Å². The molecular formula is C23H31N5O4. The third-order valence-corrected chi connectivity index (χ3v) is 6.51. The Kier molecular flexibility index (Phi) is 6.41. The summed E-state index contributed by atoms with van der Waals surface area (Å²) < 4.78 is 0. The molecule has 0 bridgehead atoms. The van der Waals surface area contributed by atoms with Gasteiger partial charge in [-0.25, -0.2) is 0 Å². The Morgan fingerprint density at radius 1 is 0.719 bits per heavy atom. The average Bonchev–Trinajstić information content (AvgIpc) is 2.71. The molecule has 9 nitrogen and oxygen atoms in total. The monoisotopic (exact) mass is 441 g/mol. The van der Waals surface area contributed by atoms with Crippen molar-refractivity contribution in [3.63, 3.8) is 0 Å². The van der Waals surface area contributed by atoms with Crippen LogP contribution in [0.25, 0.3) is 0 Å². The van der Waals surface area contributed by atoms with Gasteiger partial charge in [-0.2, -0.15) is 0 Å². The highest BCUT2D eigenvalue weighted by Gasteiger charge is 2.62. The molecule has 1 heterocycles. The van der Waals surface area contributed by atoms with Crippen molar-refractivity contribution < 1.29 is 9.85 Å². The standard InChI is InChI=1S/C23H31N5O4/c1-23(2)21(27(29)30)19(15-7-11-17(12-8-15)25(3)4)24-20(22(23)28(31)32)16-9-13-18(14-10-16)26(5)6/h7-14,19-22,24H,1-6H3/t19-,20-,21-,22+/m0/s1. The van der Waals surface area contributed by atoms with Gasteiger partial charge in [-0.1, -0.05) is 24.3 Å². The number of hydrogen-bond acceptors (Lipinski definition) is 7. The lowest BCUT2D eigenvalue weighted by Crippen LogP contribution is -2.63. The van der Waals surface area contributed by atoms with Crippen LogP contribution in [0.4, 0.5) is 11.4 Å². The third kappa shape index (κ3) is 4.25. The highest BCUT2D eigenvalue weighted by Crippen LogP contribution is 2.47. The van der Waals surface area contributed by atoms with Gasteiger partial charge >= 0.3 is 0 Å². The van der Waals surface area contributed by atoms with Crippen LogP contribution < -0.4 is 15.1 Å². The van der Waals surface area contributed by atoms with E-state index >= 15 is 0 Å². The van der Waals surface area contributed by atoms with Gasteiger partial charge < -0.3 is 9.80 Å². The molecule has 2 aromatic carbocycles. The molecular weight excluding hydrogens is 410 g/mol. The number of nitrogens with one attached hydrogen (secondary N) is 1. The first-order valence-corrected chi connectivity index (χ1v) is 10.5. The fraction of sp³-hybridized carbons (Fsp3) is 0.478. The van der Waals surface area contributed by atoms with Crippen molar-refractivity contribution in [1.29, 1.82) is 0 Å². The van der Waals surface area contributed by atoms with Gasteiger partial charge in [-0.15, -0.1) is 0 Å². The van der Waals surface area contributed by atoms with Gasteiger partial charge in [-0.3, -0.25) is 25.5 Å². The number of hydrogen-bond donors (Lipinski definition) is 1. The Bertz CT molecular complexity index is 895. The van der Waals surface area contributed by atoms with Crippen LogP contribution in [0.1, 0.15) is 37.1 Å². The molecule has 0 aliphatic carbocycles. The number of nitro groups is 2. The fourth-order valence-corrected chi connectivity index (χ4v) is 4.71. The van der Waals surface area contributed by atoms with Crippen molar-refractivity contribution in [2.24, 2.45) is 5.41 Å². The molecule has 1 aliphatic rings. The number of rotatable bonds is 6. The van der Waals surface area contributed by atoms with Crippen molar-refractivity contribution in [2.45, 2.75) is 38.0 Å². The zero-order valence-electron chi connectivity index (χ0n) is 19.4. The lowest BCUT2D eigenvalue weighted by atomic mass is 9.66. The molecule has 0 radical (unpaired) electrons. The topological polar surface area (TPSA) is 105 Å². The van der Waals surface area contributed by atoms with Gasteiger partial charge in [-0.05, 0) is 49.2 Å². The Hall–Kier alpha value is -3.20. The van der Waals surface area contributed by atoms with Gasteiger partial charge in [0.15, 0.2) is 0 Å². The van der Waals surface area contributed by atoms with Crippen LogP contribution in [0.3, 0.4) is 0 Å². The molecule has 32 heavy (non-hydrogen) atoms. The molecule has 1 N–H and O–H groups in total. The second kappa shape index (κ2) is 8.74. The van der Waals surface area contributed by atoms with Crippen LogP contribution in [0.5, 0.6) is 0 Å². The second-order valence-electron chi connectivity index (χ2n) is 9.38. The predicted octanol–water partition coefficient (Wildman–Crippen LogP) is 3.52. The first kappa shape index (κ1) is 23.5. The van der Waals surface area contributed by atoms with Gasteiger partial charge in [0.05, 0.1) is 0 Å². The Morgan fingerprint density at radius 3 is 1.28 bits per heavy atom. The van der Waals surface area contributed by atoms with Crippen molar-refractivity contribution in [3.8, 4) is 0 Å². The summed E-state index contributed by atoms with van der Waals surface area (Å²) in [7, 11) is 7.69. The molecule has 0 amide bonds. The maximum absolute atomic E-state index is 12.2. The molecule has 1 aliphatic heterocycles. The smallest absolute Gasteiger partial charge is 0.243 e. The van der Waals surface area contributed by atoms with Crippen LogP contribution in [0.15, 0.2) is 48.5 Å². The first-order chi connectivity index (χ1) is 14.9. The summed E-state index contributed by atoms with van der Waals surface area (Å²) in [6, 6.07) is 11.4. The minimum absolute atomic E-state index is 0.376. The van der Waals surface area contributed by atoms with Crippen LogP contribution in [0, 0.1) is 25.6 Å². The summed E-state index contributed by atoms with van der Waals surface area (Å²) in [6.45, 7) is 3.27. The van der Waals surface area contributed by atoms with Gasteiger partial charge in [0.2, 0.25) is 12.1 Å². The molecule has 172 valence electrons. The minimum Gasteiger partial charge on any atom is -0.378 e. The molecule has 0 unspecified atom stereocenters. The second-order valence-corrected chi connectivity index (χ2v) is 9.38. The van der Waals surface area contributed by atoms with E-state index in [1.165, 1.54) is 0 Å². The van der Waals surface area contributed by atoms with Crippen molar-refractivity contribution in [2.75, 3.05) is 38.0 Å². The molecule has 2 aromatic rings. The zero-order chi connectivity index (χ0) is 23.8. The highest BCUT2D eigenvalue weighted by atomic mass is 16.6. The summed E-state index contributed by atoms with van der Waals surface area (Å²) in [5, 5.41) is 27.7. The van der Waals surface area contributed by atoms with E-state index in [0.29, 0.717) is 0 Å². The number of nitrogens with zero attached hydrogens (tertiary/aromatic N) is 4. The summed E-state index contributed by atoms with van der Waals surface area (Å²) in [5.74, 6) is 0. The average molecular weight is 442 g/mol. The molecule has 4 atom stereocenters. The van der Waals surface area contributed by atoms with Crippen LogP contribution >= 0.6 is 0 Å². The van der Waals surface area contributed by atoms with Crippen LogP contribution in [-0.2, 0) is 0 Å². The number of piperidine rings is 1. The Balaban J connectivity index is 2.10. The van der Waals surface area contributed by atoms with E-state index in [0.717, 1.165) is 22.5 Å². The van der Waals surface area contributed by atoms with Crippen molar-refractivity contribution in [1.82, 2.24) is 5.32 Å². The van der Waals surface area contributed by atoms with Gasteiger partial charge in [0.1, 0.15) is 17.5 Å². The minimum atomic E-state index is -1.20. The summed E-state index contributed by atoms with van der Waals surface area (Å²) >= 11 is 0. The number of benzene rings is 2. The van der Waals surface area contributed by atoms with E-state index in [4.69, 9.17) is 0 Å². The quantitative estimate of drug-likeness (QED) is 0.540. The summed E-state index contributed by atoms with van der Waals surface area (Å²) in [5.41, 5.74) is 2.22. The fourth-order valence-electron chi connectivity index (χ4n) is 4.71. The molecule has 0 spiro atoms. The van der Waals surface area contributed by atoms with Crippen LogP contribution in [0.2, 0.25) is 0 Å². The molecule has 1 saturated heterocycles. The van der Waals surface area contributed by atoms with Crippen molar-refractivity contribution in [3.05, 3.63) is 79.9 Å². The molecule has 3 rings (SSSR count). The zero-order valence-corrected chi connectivity index (χ0v) is 19.4. The lowest BCUT2D eigenvalue weighted by molar-refractivity contribution is -0.605. The summed E-state index contributed by atoms with van der Waals surface area (Å²) in [6.07, 6.45) is 0. The maximum Gasteiger partial charge on any atom is 0.243 e. The Morgan fingerprint density at radius 2 is 1.03 bits per heavy atom. The maximum atomic E-state index is 12.2. The van der Waals surface area contributed by atoms with E-state index in [2.05, 4.69) is 5.32 Å². The van der Waals surface area contributed by atoms with Gasteiger partial charge in [0, 0.05) is 49.4 Å². The lowest BCUT2D eigenvalue weighted by Gasteiger charge is -2.44. The van der Waals surface area contributed by atoms with E-state index in [1.54, 1.807) is 13.8 Å². The normalized spacial score (nSPS) is 24.6. The largest absolute Gasteiger partial charge is 0.378 e. The predicted molar refractivity (Wildman–Crippen MR) is 126 cm³/mol. The molecule has 0 aromatic heterocycles. The number of anilines is 2. The molecule has 0 saturated carbocycles. The summed E-state index contributed by atoms with van der Waals surface area (Å²) in [4.78, 5) is 27.5.